The van der Waals surface area contributed by atoms with E-state index in [1.54, 1.807) is 0 Å². The van der Waals surface area contributed by atoms with Crippen LogP contribution in [0.3, 0.4) is 0 Å². The van der Waals surface area contributed by atoms with Crippen molar-refractivity contribution < 1.29 is 4.79 Å². The van der Waals surface area contributed by atoms with Crippen LogP contribution in [0, 0.1) is 6.92 Å². The number of hydrogen-bond acceptors (Lipinski definition) is 1. The Morgan fingerprint density at radius 3 is 2.60 bits per heavy atom. The quantitative estimate of drug-likeness (QED) is 0.680. The van der Waals surface area contributed by atoms with E-state index in [0.29, 0.717) is 6.42 Å². The first-order chi connectivity index (χ1) is 12.2. The van der Waals surface area contributed by atoms with Gasteiger partial charge in [0.05, 0.1) is 0 Å². The summed E-state index contributed by atoms with van der Waals surface area (Å²) >= 11 is 0. The first-order valence-electron chi connectivity index (χ1n) is 9.07. The molecule has 0 radical (unpaired) electrons. The lowest BCUT2D eigenvalue weighted by molar-refractivity contribution is -0.121. The van der Waals surface area contributed by atoms with Crippen molar-refractivity contribution in [1.82, 2.24) is 9.88 Å². The highest BCUT2D eigenvalue weighted by Gasteiger charge is 2.11. The fraction of sp³-hybridized carbons (Fsp3) is 0.318. The fourth-order valence-electron chi connectivity index (χ4n) is 3.22. The van der Waals surface area contributed by atoms with Crippen LogP contribution in [0.1, 0.15) is 36.5 Å². The average Bonchev–Trinajstić information content (AvgIpc) is 2.98. The summed E-state index contributed by atoms with van der Waals surface area (Å²) in [5.41, 5.74) is 5.11. The second-order valence-corrected chi connectivity index (χ2v) is 6.58. The highest BCUT2D eigenvalue weighted by atomic mass is 16.1. The Morgan fingerprint density at radius 2 is 1.80 bits per heavy atom. The molecule has 0 aliphatic carbocycles. The maximum atomic E-state index is 11.9. The molecule has 1 aromatic heterocycles. The molecule has 1 N–H and O–H groups in total. The fourth-order valence-corrected chi connectivity index (χ4v) is 3.22. The van der Waals surface area contributed by atoms with Crippen LogP contribution in [0.15, 0.2) is 54.7 Å². The van der Waals surface area contributed by atoms with E-state index in [9.17, 15) is 4.79 Å². The van der Waals surface area contributed by atoms with Crippen molar-refractivity contribution in [3.05, 3.63) is 71.4 Å². The molecule has 0 atom stereocenters. The third-order valence-corrected chi connectivity index (χ3v) is 4.67. The summed E-state index contributed by atoms with van der Waals surface area (Å²) in [6.07, 6.45) is 4.50. The summed E-state index contributed by atoms with van der Waals surface area (Å²) in [7, 11) is 0. The molecule has 0 saturated carbocycles. The van der Waals surface area contributed by atoms with Crippen LogP contribution in [0.25, 0.3) is 10.9 Å². The molecule has 1 heterocycles. The molecule has 0 saturated heterocycles. The number of para-hydroxylation sites is 1. The van der Waals surface area contributed by atoms with Gasteiger partial charge in [-0.3, -0.25) is 4.79 Å². The highest BCUT2D eigenvalue weighted by molar-refractivity contribution is 5.85. The average molecular weight is 334 g/mol. The van der Waals surface area contributed by atoms with Crippen molar-refractivity contribution in [3.8, 4) is 0 Å². The van der Waals surface area contributed by atoms with Crippen molar-refractivity contribution in [3.63, 3.8) is 0 Å². The molecular weight excluding hydrogens is 308 g/mol. The van der Waals surface area contributed by atoms with Crippen molar-refractivity contribution in [1.29, 1.82) is 0 Å². The Labute approximate surface area is 149 Å². The summed E-state index contributed by atoms with van der Waals surface area (Å²) in [6.45, 7) is 5.84. The lowest BCUT2D eigenvalue weighted by Gasteiger charge is -2.08. The van der Waals surface area contributed by atoms with Gasteiger partial charge in [0.25, 0.3) is 0 Å². The van der Waals surface area contributed by atoms with Gasteiger partial charge in [0.15, 0.2) is 0 Å². The molecule has 3 nitrogen and oxygen atoms in total. The molecule has 0 spiro atoms. The van der Waals surface area contributed by atoms with E-state index in [-0.39, 0.29) is 5.91 Å². The summed E-state index contributed by atoms with van der Waals surface area (Å²) in [4.78, 5) is 11.9. The van der Waals surface area contributed by atoms with Crippen LogP contribution in [-0.4, -0.2) is 17.0 Å². The Balaban J connectivity index is 1.83. The normalized spacial score (nSPS) is 11.0. The summed E-state index contributed by atoms with van der Waals surface area (Å²) in [5, 5.41) is 4.21. The number of rotatable bonds is 7. The number of nitrogens with one attached hydrogen (secondary N) is 1. The zero-order valence-electron chi connectivity index (χ0n) is 15.1. The zero-order valence-corrected chi connectivity index (χ0v) is 15.1. The van der Waals surface area contributed by atoms with Gasteiger partial charge in [-0.1, -0.05) is 49.4 Å². The monoisotopic (exact) mass is 334 g/mol. The summed E-state index contributed by atoms with van der Waals surface area (Å²) in [5.74, 6) is 0.137. The zero-order chi connectivity index (χ0) is 17.6. The van der Waals surface area contributed by atoms with Gasteiger partial charge < -0.3 is 9.88 Å². The molecule has 2 aromatic carbocycles. The third-order valence-electron chi connectivity index (χ3n) is 4.67. The number of carbonyl (C=O) groups excluding carboxylic acids is 1. The van der Waals surface area contributed by atoms with E-state index in [2.05, 4.69) is 78.5 Å². The third kappa shape index (κ3) is 4.11. The number of carbonyl (C=O) groups is 1. The van der Waals surface area contributed by atoms with Gasteiger partial charge >= 0.3 is 0 Å². The Kier molecular flexibility index (Phi) is 5.54. The van der Waals surface area contributed by atoms with Gasteiger partial charge in [-0.2, -0.15) is 0 Å². The summed E-state index contributed by atoms with van der Waals surface area (Å²) in [6, 6.07) is 17.0. The molecule has 0 aliphatic rings. The number of hydrogen-bond donors (Lipinski definition) is 1. The molecule has 3 aromatic rings. The van der Waals surface area contributed by atoms with Crippen molar-refractivity contribution in [2.45, 2.75) is 39.7 Å². The molecule has 3 heteroatoms. The molecule has 0 aliphatic heterocycles. The summed E-state index contributed by atoms with van der Waals surface area (Å²) < 4.78 is 2.30. The Hall–Kier alpha value is -2.55. The number of benzene rings is 2. The van der Waals surface area contributed by atoms with Crippen LogP contribution < -0.4 is 5.32 Å². The van der Waals surface area contributed by atoms with Gasteiger partial charge in [-0.15, -0.1) is 0 Å². The molecule has 25 heavy (non-hydrogen) atoms. The minimum Gasteiger partial charge on any atom is -0.356 e. The molecule has 1 amide bonds. The minimum atomic E-state index is 0.137. The number of aromatic nitrogens is 1. The first kappa shape index (κ1) is 17.3. The van der Waals surface area contributed by atoms with Crippen LogP contribution in [0.2, 0.25) is 0 Å². The number of aryl methyl sites for hydroxylation is 2. The van der Waals surface area contributed by atoms with E-state index in [1.807, 2.05) is 0 Å². The second kappa shape index (κ2) is 8.02. The first-order valence-corrected chi connectivity index (χ1v) is 9.07. The van der Waals surface area contributed by atoms with E-state index < -0.39 is 0 Å². The highest BCUT2D eigenvalue weighted by Crippen LogP contribution is 2.24. The van der Waals surface area contributed by atoms with Crippen LogP contribution in [-0.2, 0) is 17.8 Å². The van der Waals surface area contributed by atoms with Gasteiger partial charge in [-0.25, -0.2) is 0 Å². The topological polar surface area (TPSA) is 34.0 Å². The number of nitrogens with zero attached hydrogens (tertiary/aromatic N) is 1. The maximum absolute atomic E-state index is 11.9. The molecule has 130 valence electrons. The Morgan fingerprint density at radius 1 is 1.04 bits per heavy atom. The van der Waals surface area contributed by atoms with Crippen LogP contribution in [0.5, 0.6) is 0 Å². The lowest BCUT2D eigenvalue weighted by Crippen LogP contribution is -2.24. The van der Waals surface area contributed by atoms with E-state index in [4.69, 9.17) is 0 Å². The van der Waals surface area contributed by atoms with Crippen LogP contribution >= 0.6 is 0 Å². The van der Waals surface area contributed by atoms with E-state index >= 15 is 0 Å². The van der Waals surface area contributed by atoms with E-state index in [1.165, 1.54) is 27.6 Å². The van der Waals surface area contributed by atoms with Gasteiger partial charge in [0, 0.05) is 36.6 Å². The van der Waals surface area contributed by atoms with Crippen molar-refractivity contribution in [2.75, 3.05) is 6.54 Å². The number of amides is 1. The van der Waals surface area contributed by atoms with Crippen molar-refractivity contribution in [2.24, 2.45) is 0 Å². The maximum Gasteiger partial charge on any atom is 0.220 e. The second-order valence-electron chi connectivity index (χ2n) is 6.58. The molecule has 0 unspecified atom stereocenters. The Bertz CT molecular complexity index is 863. The van der Waals surface area contributed by atoms with Crippen LogP contribution in [0.4, 0.5) is 0 Å². The predicted octanol–water partition coefficient (Wildman–Crippen LogP) is 4.46. The standard InChI is InChI=1S/C22H26N2O/c1-3-14-23-22(25)13-12-19-16-24(21-11-7-6-10-20(19)21)15-18-9-5-4-8-17(18)2/h4-11,16H,3,12-15H2,1-2H3,(H,23,25). The molecule has 0 bridgehead atoms. The lowest BCUT2D eigenvalue weighted by atomic mass is 10.1. The predicted molar refractivity (Wildman–Crippen MR) is 104 cm³/mol. The number of fused-ring (bicyclic) bond motifs is 1. The van der Waals surface area contributed by atoms with Crippen molar-refractivity contribution >= 4 is 16.8 Å². The largest absolute Gasteiger partial charge is 0.356 e. The van der Waals surface area contributed by atoms with Gasteiger partial charge in [-0.05, 0) is 42.5 Å². The van der Waals surface area contributed by atoms with Gasteiger partial charge in [0.2, 0.25) is 5.91 Å². The SMILES string of the molecule is CCCNC(=O)CCc1cn(Cc2ccccc2C)c2ccccc12. The van der Waals surface area contributed by atoms with Gasteiger partial charge in [0.1, 0.15) is 0 Å². The van der Waals surface area contributed by atoms with E-state index in [0.717, 1.165) is 25.9 Å². The smallest absolute Gasteiger partial charge is 0.220 e. The molecule has 0 fully saturated rings. The minimum absolute atomic E-state index is 0.137. The molecule has 3 rings (SSSR count). The molecular formula is C22H26N2O.